The summed E-state index contributed by atoms with van der Waals surface area (Å²) >= 11 is 0. The number of nitrogens with zero attached hydrogens (tertiary/aromatic N) is 2. The molecule has 0 spiro atoms. The van der Waals surface area contributed by atoms with Gasteiger partial charge < -0.3 is 4.79 Å². The molecule has 1 aliphatic carbocycles. The summed E-state index contributed by atoms with van der Waals surface area (Å²) in [6.07, 6.45) is -2.06. The predicted molar refractivity (Wildman–Crippen MR) is 65.1 cm³/mol. The molecule has 0 amide bonds. The molecule has 0 aromatic heterocycles. The zero-order valence-corrected chi connectivity index (χ0v) is 11.1. The van der Waals surface area contributed by atoms with E-state index in [9.17, 15) is 18.0 Å². The monoisotopic (exact) mass is 286 g/mol. The Kier molecular flexibility index (Phi) is 5.56. The lowest BCUT2D eigenvalue weighted by Crippen LogP contribution is -2.27. The van der Waals surface area contributed by atoms with Crippen LogP contribution < -0.4 is 0 Å². The smallest absolute Gasteiger partial charge is 0.303 e. The van der Waals surface area contributed by atoms with Crippen molar-refractivity contribution < 1.29 is 18.0 Å². The minimum atomic E-state index is -4.36. The molecule has 0 saturated heterocycles. The fourth-order valence-corrected chi connectivity index (χ4v) is 2.82. The van der Waals surface area contributed by atoms with Crippen LogP contribution in [0.2, 0.25) is 0 Å². The molecule has 2 atom stereocenters. The molecule has 0 aliphatic heterocycles. The first kappa shape index (κ1) is 16.5. The lowest BCUT2D eigenvalue weighted by Gasteiger charge is -2.30. The van der Waals surface area contributed by atoms with E-state index in [-0.39, 0.29) is 18.3 Å². The van der Waals surface area contributed by atoms with Crippen LogP contribution in [-0.2, 0) is 4.79 Å². The van der Waals surface area contributed by atoms with Gasteiger partial charge in [-0.05, 0) is 31.6 Å². The molecule has 0 aromatic carbocycles. The molecular formula is C14H17F3N2O. The van der Waals surface area contributed by atoms with Crippen molar-refractivity contribution in [2.75, 3.05) is 0 Å². The summed E-state index contributed by atoms with van der Waals surface area (Å²) in [6.45, 7) is 0. The number of rotatable bonds is 5. The maximum atomic E-state index is 12.3. The summed E-state index contributed by atoms with van der Waals surface area (Å²) in [6, 6.07) is 3.54. The van der Waals surface area contributed by atoms with E-state index in [0.29, 0.717) is 6.42 Å². The Morgan fingerprint density at radius 2 is 1.80 bits per heavy atom. The highest BCUT2D eigenvalue weighted by Gasteiger charge is 2.39. The Morgan fingerprint density at radius 1 is 1.15 bits per heavy atom. The van der Waals surface area contributed by atoms with Gasteiger partial charge in [-0.25, -0.2) is 0 Å². The Hall–Kier alpha value is -1.56. The van der Waals surface area contributed by atoms with E-state index < -0.39 is 24.4 Å². The average molecular weight is 286 g/mol. The largest absolute Gasteiger partial charge is 0.389 e. The topological polar surface area (TPSA) is 64.7 Å². The lowest BCUT2D eigenvalue weighted by atomic mass is 9.71. The van der Waals surface area contributed by atoms with E-state index in [0.717, 1.165) is 25.5 Å². The van der Waals surface area contributed by atoms with E-state index in [4.69, 9.17) is 10.5 Å². The highest BCUT2D eigenvalue weighted by Crippen LogP contribution is 2.40. The summed E-state index contributed by atoms with van der Waals surface area (Å²) in [5.41, 5.74) is -1.59. The number of carbonyl (C=O) groups excluding carboxylic acids is 1. The minimum Gasteiger partial charge on any atom is -0.303 e. The summed E-state index contributed by atoms with van der Waals surface area (Å²) in [4.78, 5) is 10.8. The molecule has 0 radical (unpaired) electrons. The number of alkyl halides is 3. The normalized spacial score (nSPS) is 23.6. The molecule has 0 heterocycles. The second-order valence-corrected chi connectivity index (χ2v) is 5.55. The second kappa shape index (κ2) is 6.74. The molecule has 1 saturated carbocycles. The fourth-order valence-electron chi connectivity index (χ4n) is 2.82. The fraction of sp³-hybridized carbons (Fsp3) is 0.786. The van der Waals surface area contributed by atoms with Crippen molar-refractivity contribution in [3.05, 3.63) is 0 Å². The van der Waals surface area contributed by atoms with Crippen LogP contribution in [0, 0.1) is 39.9 Å². The maximum absolute atomic E-state index is 12.3. The molecule has 110 valence electrons. The van der Waals surface area contributed by atoms with Crippen LogP contribution in [0.25, 0.3) is 0 Å². The molecule has 3 nitrogen and oxygen atoms in total. The van der Waals surface area contributed by atoms with Crippen LogP contribution in [0.15, 0.2) is 0 Å². The zero-order valence-electron chi connectivity index (χ0n) is 11.1. The Morgan fingerprint density at radius 3 is 2.30 bits per heavy atom. The quantitative estimate of drug-likeness (QED) is 0.723. The van der Waals surface area contributed by atoms with Gasteiger partial charge in [0.05, 0.1) is 12.1 Å². The molecule has 0 aromatic rings. The second-order valence-electron chi connectivity index (χ2n) is 5.55. The molecule has 1 rings (SSSR count). The first-order valence-corrected chi connectivity index (χ1v) is 6.69. The van der Waals surface area contributed by atoms with E-state index >= 15 is 0 Å². The third-order valence-electron chi connectivity index (χ3n) is 3.92. The Bertz CT molecular complexity index is 406. The number of carbonyl (C=O) groups is 1. The summed E-state index contributed by atoms with van der Waals surface area (Å²) in [5, 5.41) is 18.2. The number of hydrogen-bond acceptors (Lipinski definition) is 3. The molecular weight excluding hydrogens is 269 g/mol. The molecule has 6 heteroatoms. The van der Waals surface area contributed by atoms with Gasteiger partial charge in [-0.2, -0.15) is 23.7 Å². The SMILES string of the molecule is N#CC(C#N)(CCC(F)(F)F)C[C@@H]1CCC[C@H](C=O)C1. The summed E-state index contributed by atoms with van der Waals surface area (Å²) in [7, 11) is 0. The molecule has 0 unspecified atom stereocenters. The van der Waals surface area contributed by atoms with Gasteiger partial charge in [0, 0.05) is 12.3 Å². The highest BCUT2D eigenvalue weighted by atomic mass is 19.4. The van der Waals surface area contributed by atoms with Crippen molar-refractivity contribution in [2.45, 2.75) is 51.1 Å². The summed E-state index contributed by atoms with van der Waals surface area (Å²) in [5.74, 6) is -0.113. The van der Waals surface area contributed by atoms with Gasteiger partial charge in [0.1, 0.15) is 11.7 Å². The first-order valence-electron chi connectivity index (χ1n) is 6.69. The number of hydrogen-bond donors (Lipinski definition) is 0. The van der Waals surface area contributed by atoms with Crippen LogP contribution >= 0.6 is 0 Å². The predicted octanol–water partition coefficient (Wildman–Crippen LogP) is 3.76. The van der Waals surface area contributed by atoms with Crippen LogP contribution in [0.4, 0.5) is 13.2 Å². The molecule has 0 bridgehead atoms. The van der Waals surface area contributed by atoms with Gasteiger partial charge >= 0.3 is 6.18 Å². The first-order chi connectivity index (χ1) is 9.34. The minimum absolute atomic E-state index is 0.0218. The molecule has 1 fully saturated rings. The molecule has 0 N–H and O–H groups in total. The Balaban J connectivity index is 2.69. The molecule has 1 aliphatic rings. The van der Waals surface area contributed by atoms with Crippen molar-refractivity contribution in [1.29, 1.82) is 10.5 Å². The van der Waals surface area contributed by atoms with Crippen LogP contribution in [-0.4, -0.2) is 12.5 Å². The highest BCUT2D eigenvalue weighted by molar-refractivity contribution is 5.53. The molecule has 20 heavy (non-hydrogen) atoms. The standard InChI is InChI=1S/C14H17F3N2O/c15-14(16,17)5-4-13(9-18,10-19)7-11-2-1-3-12(6-11)8-20/h8,11-12H,1-7H2/t11-,12+/m1/s1. The van der Waals surface area contributed by atoms with Crippen molar-refractivity contribution in [3.8, 4) is 12.1 Å². The van der Waals surface area contributed by atoms with E-state index in [1.54, 1.807) is 12.1 Å². The van der Waals surface area contributed by atoms with E-state index in [1.165, 1.54) is 0 Å². The van der Waals surface area contributed by atoms with Crippen LogP contribution in [0.5, 0.6) is 0 Å². The zero-order chi connectivity index (χ0) is 15.2. The van der Waals surface area contributed by atoms with E-state index in [2.05, 4.69) is 0 Å². The number of aldehydes is 1. The van der Waals surface area contributed by atoms with Crippen LogP contribution in [0.3, 0.4) is 0 Å². The van der Waals surface area contributed by atoms with Crippen molar-refractivity contribution in [2.24, 2.45) is 17.3 Å². The maximum Gasteiger partial charge on any atom is 0.389 e. The number of halogens is 3. The van der Waals surface area contributed by atoms with Gasteiger partial charge in [0.15, 0.2) is 0 Å². The van der Waals surface area contributed by atoms with Crippen molar-refractivity contribution in [1.82, 2.24) is 0 Å². The van der Waals surface area contributed by atoms with Crippen molar-refractivity contribution >= 4 is 6.29 Å². The summed E-state index contributed by atoms with van der Waals surface area (Å²) < 4.78 is 36.9. The Labute approximate surface area is 116 Å². The van der Waals surface area contributed by atoms with Gasteiger partial charge in [-0.3, -0.25) is 0 Å². The van der Waals surface area contributed by atoms with Crippen LogP contribution in [0.1, 0.15) is 44.9 Å². The third kappa shape index (κ3) is 4.85. The van der Waals surface area contributed by atoms with Gasteiger partial charge in [0.25, 0.3) is 0 Å². The van der Waals surface area contributed by atoms with Gasteiger partial charge in [0.2, 0.25) is 0 Å². The van der Waals surface area contributed by atoms with Crippen molar-refractivity contribution in [3.63, 3.8) is 0 Å². The van der Waals surface area contributed by atoms with Gasteiger partial charge in [-0.15, -0.1) is 0 Å². The lowest BCUT2D eigenvalue weighted by molar-refractivity contribution is -0.138. The third-order valence-corrected chi connectivity index (χ3v) is 3.92. The van der Waals surface area contributed by atoms with Gasteiger partial charge in [-0.1, -0.05) is 12.8 Å². The number of nitriles is 2. The average Bonchev–Trinajstić information content (AvgIpc) is 2.43. The van der Waals surface area contributed by atoms with E-state index in [1.807, 2.05) is 0 Å².